The monoisotopic (exact) mass is 400 g/mol. The van der Waals surface area contributed by atoms with Crippen LogP contribution in [0, 0.1) is 10.1 Å². The summed E-state index contributed by atoms with van der Waals surface area (Å²) in [6, 6.07) is 22.4. The van der Waals surface area contributed by atoms with Gasteiger partial charge >= 0.3 is 0 Å². The van der Waals surface area contributed by atoms with Crippen molar-refractivity contribution < 1.29 is 14.1 Å². The maximum Gasteiger partial charge on any atom is 0.269 e. The van der Waals surface area contributed by atoms with Crippen molar-refractivity contribution in [2.45, 2.75) is 6.42 Å². The van der Waals surface area contributed by atoms with E-state index >= 15 is 0 Å². The molecule has 0 radical (unpaired) electrons. The highest BCUT2D eigenvalue weighted by atomic mass is 16.6. The summed E-state index contributed by atoms with van der Waals surface area (Å²) in [7, 11) is 0. The molecule has 30 heavy (non-hydrogen) atoms. The van der Waals surface area contributed by atoms with Gasteiger partial charge < -0.3 is 9.73 Å². The van der Waals surface area contributed by atoms with Gasteiger partial charge in [0, 0.05) is 28.9 Å². The molecule has 0 atom stereocenters. The number of nitro groups is 1. The average Bonchev–Trinajstić information content (AvgIpc) is 3.25. The molecule has 0 aliphatic carbocycles. The number of nitro benzene ring substituents is 1. The van der Waals surface area contributed by atoms with E-state index in [4.69, 9.17) is 4.42 Å². The Morgan fingerprint density at radius 1 is 0.867 bits per heavy atom. The molecule has 1 N–H and O–H groups in total. The van der Waals surface area contributed by atoms with E-state index in [1.807, 2.05) is 30.3 Å². The summed E-state index contributed by atoms with van der Waals surface area (Å²) in [5, 5.41) is 21.6. The third-order valence-electron chi connectivity index (χ3n) is 4.37. The van der Waals surface area contributed by atoms with Gasteiger partial charge in [-0.05, 0) is 42.0 Å². The smallest absolute Gasteiger partial charge is 0.269 e. The minimum Gasteiger partial charge on any atom is -0.416 e. The fraction of sp³-hybridized carbons (Fsp3) is 0.0455. The van der Waals surface area contributed by atoms with Crippen molar-refractivity contribution in [2.24, 2.45) is 0 Å². The van der Waals surface area contributed by atoms with Gasteiger partial charge in [0.2, 0.25) is 17.7 Å². The quantitative estimate of drug-likeness (QED) is 0.377. The Morgan fingerprint density at radius 3 is 2.07 bits per heavy atom. The van der Waals surface area contributed by atoms with Crippen LogP contribution in [0.25, 0.3) is 22.9 Å². The first-order chi connectivity index (χ1) is 14.6. The van der Waals surface area contributed by atoms with Crippen LogP contribution in [0.5, 0.6) is 0 Å². The number of anilines is 1. The molecule has 3 aromatic carbocycles. The van der Waals surface area contributed by atoms with E-state index in [2.05, 4.69) is 15.5 Å². The van der Waals surface area contributed by atoms with Crippen LogP contribution in [0.15, 0.2) is 83.3 Å². The highest BCUT2D eigenvalue weighted by molar-refractivity contribution is 5.92. The Labute approximate surface area is 171 Å². The number of rotatable bonds is 6. The molecule has 1 amide bonds. The molecule has 0 saturated carbocycles. The highest BCUT2D eigenvalue weighted by Crippen LogP contribution is 2.24. The number of nitrogens with one attached hydrogen (secondary N) is 1. The normalized spacial score (nSPS) is 10.5. The second-order valence-electron chi connectivity index (χ2n) is 6.50. The van der Waals surface area contributed by atoms with Crippen LogP contribution in [0.2, 0.25) is 0 Å². The molecule has 0 aliphatic rings. The number of carbonyl (C=O) groups excluding carboxylic acids is 1. The minimum absolute atomic E-state index is 0.00815. The minimum atomic E-state index is -0.475. The van der Waals surface area contributed by atoms with Crippen molar-refractivity contribution in [3.8, 4) is 22.9 Å². The van der Waals surface area contributed by atoms with Crippen LogP contribution in [0.4, 0.5) is 11.4 Å². The van der Waals surface area contributed by atoms with Crippen LogP contribution >= 0.6 is 0 Å². The van der Waals surface area contributed by atoms with Gasteiger partial charge in [-0.25, -0.2) is 0 Å². The van der Waals surface area contributed by atoms with E-state index < -0.39 is 4.92 Å². The molecule has 0 bridgehead atoms. The number of carbonyl (C=O) groups is 1. The maximum atomic E-state index is 12.2. The molecule has 0 aliphatic heterocycles. The zero-order valence-corrected chi connectivity index (χ0v) is 15.7. The summed E-state index contributed by atoms with van der Waals surface area (Å²) in [6.07, 6.45) is 0.115. The number of nitrogens with zero attached hydrogens (tertiary/aromatic N) is 3. The van der Waals surface area contributed by atoms with Gasteiger partial charge in [-0.1, -0.05) is 30.3 Å². The predicted octanol–water partition coefficient (Wildman–Crippen LogP) is 4.49. The van der Waals surface area contributed by atoms with Crippen LogP contribution in [0.3, 0.4) is 0 Å². The number of amides is 1. The van der Waals surface area contributed by atoms with Gasteiger partial charge in [-0.3, -0.25) is 14.9 Å². The lowest BCUT2D eigenvalue weighted by atomic mass is 10.1. The van der Waals surface area contributed by atoms with Crippen molar-refractivity contribution >= 4 is 17.3 Å². The molecule has 0 spiro atoms. The zero-order valence-electron chi connectivity index (χ0n) is 15.7. The predicted molar refractivity (Wildman–Crippen MR) is 111 cm³/mol. The Kier molecular flexibility index (Phi) is 5.29. The molecule has 0 fully saturated rings. The summed E-state index contributed by atoms with van der Waals surface area (Å²) in [5.74, 6) is 0.601. The molecule has 4 aromatic rings. The van der Waals surface area contributed by atoms with E-state index in [1.165, 1.54) is 12.1 Å². The Bertz CT molecular complexity index is 1170. The van der Waals surface area contributed by atoms with E-state index in [0.29, 0.717) is 23.0 Å². The number of aromatic nitrogens is 2. The zero-order chi connectivity index (χ0) is 20.9. The molecule has 8 heteroatoms. The van der Waals surface area contributed by atoms with Crippen LogP contribution in [-0.2, 0) is 11.2 Å². The van der Waals surface area contributed by atoms with Crippen LogP contribution in [0.1, 0.15) is 5.56 Å². The summed E-state index contributed by atoms with van der Waals surface area (Å²) in [6.45, 7) is 0. The molecule has 148 valence electrons. The lowest BCUT2D eigenvalue weighted by Gasteiger charge is -2.06. The average molecular weight is 400 g/mol. The van der Waals surface area contributed by atoms with Crippen molar-refractivity contribution in [2.75, 3.05) is 5.32 Å². The second-order valence-corrected chi connectivity index (χ2v) is 6.50. The molecular formula is C22H16N4O4. The Morgan fingerprint density at radius 2 is 1.47 bits per heavy atom. The number of hydrogen-bond acceptors (Lipinski definition) is 6. The van der Waals surface area contributed by atoms with Gasteiger partial charge in [0.25, 0.3) is 5.69 Å². The maximum absolute atomic E-state index is 12.2. The SMILES string of the molecule is O=C(Cc1ccc([N+](=O)[O-])cc1)Nc1ccc(-c2nnc(-c3ccccc3)o2)cc1. The highest BCUT2D eigenvalue weighted by Gasteiger charge is 2.11. The molecule has 8 nitrogen and oxygen atoms in total. The first-order valence-electron chi connectivity index (χ1n) is 9.11. The lowest BCUT2D eigenvalue weighted by Crippen LogP contribution is -2.14. The Hall–Kier alpha value is -4.33. The summed E-state index contributed by atoms with van der Waals surface area (Å²) in [5.41, 5.74) is 2.87. The first kappa shape index (κ1) is 19.0. The van der Waals surface area contributed by atoms with Gasteiger partial charge in [-0.15, -0.1) is 10.2 Å². The van der Waals surface area contributed by atoms with Crippen LogP contribution < -0.4 is 5.32 Å². The van der Waals surface area contributed by atoms with Gasteiger partial charge in [0.15, 0.2) is 0 Å². The fourth-order valence-electron chi connectivity index (χ4n) is 2.86. The van der Waals surface area contributed by atoms with Crippen molar-refractivity contribution in [3.05, 3.63) is 94.5 Å². The molecule has 0 saturated heterocycles. The summed E-state index contributed by atoms with van der Waals surface area (Å²) in [4.78, 5) is 22.4. The largest absolute Gasteiger partial charge is 0.416 e. The third kappa shape index (κ3) is 4.39. The van der Waals surface area contributed by atoms with Gasteiger partial charge in [0.05, 0.1) is 11.3 Å². The second kappa shape index (κ2) is 8.36. The van der Waals surface area contributed by atoms with Crippen molar-refractivity contribution in [1.29, 1.82) is 0 Å². The van der Waals surface area contributed by atoms with E-state index in [0.717, 1.165) is 11.1 Å². The van der Waals surface area contributed by atoms with Crippen molar-refractivity contribution in [3.63, 3.8) is 0 Å². The summed E-state index contributed by atoms with van der Waals surface area (Å²) >= 11 is 0. The Balaban J connectivity index is 1.39. The number of non-ortho nitro benzene ring substituents is 1. The fourth-order valence-corrected chi connectivity index (χ4v) is 2.86. The van der Waals surface area contributed by atoms with Gasteiger partial charge in [0.1, 0.15) is 0 Å². The molecule has 4 rings (SSSR count). The molecule has 1 heterocycles. The summed E-state index contributed by atoms with van der Waals surface area (Å²) < 4.78 is 5.72. The number of hydrogen-bond donors (Lipinski definition) is 1. The molecule has 1 aromatic heterocycles. The van der Waals surface area contributed by atoms with Gasteiger partial charge in [-0.2, -0.15) is 0 Å². The number of benzene rings is 3. The molecular weight excluding hydrogens is 384 g/mol. The van der Waals surface area contributed by atoms with E-state index in [9.17, 15) is 14.9 Å². The van der Waals surface area contributed by atoms with E-state index in [1.54, 1.807) is 36.4 Å². The lowest BCUT2D eigenvalue weighted by molar-refractivity contribution is -0.384. The third-order valence-corrected chi connectivity index (χ3v) is 4.37. The van der Waals surface area contributed by atoms with Crippen molar-refractivity contribution in [1.82, 2.24) is 10.2 Å². The topological polar surface area (TPSA) is 111 Å². The van der Waals surface area contributed by atoms with E-state index in [-0.39, 0.29) is 18.0 Å². The first-order valence-corrected chi connectivity index (χ1v) is 9.11. The standard InChI is InChI=1S/C22H16N4O4/c27-20(14-15-6-12-19(13-7-15)26(28)29)23-18-10-8-17(9-11-18)22-25-24-21(30-22)16-4-2-1-3-5-16/h1-13H,14H2,(H,23,27). The van der Waals surface area contributed by atoms with Crippen LogP contribution in [-0.4, -0.2) is 21.0 Å². The molecule has 0 unspecified atom stereocenters.